The van der Waals surface area contributed by atoms with E-state index in [1.54, 1.807) is 0 Å². The van der Waals surface area contributed by atoms with Gasteiger partial charge < -0.3 is 9.64 Å². The molecule has 3 nitrogen and oxygen atoms in total. The highest BCUT2D eigenvalue weighted by molar-refractivity contribution is 9.10. The van der Waals surface area contributed by atoms with Crippen LogP contribution in [-0.4, -0.2) is 24.8 Å². The van der Waals surface area contributed by atoms with Crippen LogP contribution in [0.2, 0.25) is 0 Å². The van der Waals surface area contributed by atoms with Crippen molar-refractivity contribution in [1.82, 2.24) is 0 Å². The molecule has 1 atom stereocenters. The van der Waals surface area contributed by atoms with Crippen molar-refractivity contribution in [2.45, 2.75) is 11.7 Å². The molecule has 92 valence electrons. The minimum Gasteiger partial charge on any atom is -0.495 e. The molecule has 0 spiro atoms. The number of nitrogens with zero attached hydrogens (tertiary/aromatic N) is 1. The number of anilines is 1. The molecule has 1 unspecified atom stereocenters. The molecule has 2 rings (SSSR count). The van der Waals surface area contributed by atoms with E-state index in [-0.39, 0.29) is 11.2 Å². The number of benzene rings is 1. The molecule has 1 aliphatic rings. The lowest BCUT2D eigenvalue weighted by molar-refractivity contribution is -0.117. The van der Waals surface area contributed by atoms with Gasteiger partial charge in [-0.15, -0.1) is 0 Å². The quantitative estimate of drug-likeness (QED) is 0.849. The summed E-state index contributed by atoms with van der Waals surface area (Å²) in [5, 5.41) is -0.0149. The average Bonchev–Trinajstić information content (AvgIpc) is 2.61. The summed E-state index contributed by atoms with van der Waals surface area (Å²) in [5.74, 6) is -0.0182. The Bertz CT molecular complexity index is 469. The topological polar surface area (TPSA) is 29.5 Å². The van der Waals surface area contributed by atoms with Gasteiger partial charge in [-0.25, -0.2) is 4.39 Å². The van der Waals surface area contributed by atoms with Crippen LogP contribution in [0.4, 0.5) is 10.1 Å². The van der Waals surface area contributed by atoms with E-state index in [0.717, 1.165) is 0 Å². The Morgan fingerprint density at radius 1 is 1.59 bits per heavy atom. The molecule has 0 radical (unpaired) electrons. The van der Waals surface area contributed by atoms with Gasteiger partial charge in [-0.3, -0.25) is 4.79 Å². The van der Waals surface area contributed by atoms with Crippen molar-refractivity contribution >= 4 is 40.2 Å². The van der Waals surface area contributed by atoms with Crippen molar-refractivity contribution in [3.8, 4) is 5.75 Å². The molecular formula is C11H11BrFNO2S. The lowest BCUT2D eigenvalue weighted by Crippen LogP contribution is -2.25. The smallest absolute Gasteiger partial charge is 0.228 e. The highest BCUT2D eigenvalue weighted by Gasteiger charge is 2.30. The number of carbonyl (C=O) groups excluding carboxylic acids is 1. The second-order valence-electron chi connectivity index (χ2n) is 3.80. The molecule has 6 heteroatoms. The Hall–Kier alpha value is -0.750. The monoisotopic (exact) mass is 319 g/mol. The van der Waals surface area contributed by atoms with Gasteiger partial charge in [-0.05, 0) is 22.0 Å². The number of amides is 1. The van der Waals surface area contributed by atoms with E-state index in [4.69, 9.17) is 4.74 Å². The van der Waals surface area contributed by atoms with Gasteiger partial charge in [0, 0.05) is 24.3 Å². The Kier molecular flexibility index (Phi) is 3.63. The van der Waals surface area contributed by atoms with Crippen LogP contribution in [0.25, 0.3) is 0 Å². The van der Waals surface area contributed by atoms with Crippen molar-refractivity contribution in [2.75, 3.05) is 18.6 Å². The SMILES string of the molecule is COc1cc(Br)c(F)cc1N1CC(S)CC1=O. The third-order valence-corrected chi connectivity index (χ3v) is 3.57. The minimum atomic E-state index is -0.420. The van der Waals surface area contributed by atoms with E-state index < -0.39 is 5.82 Å². The van der Waals surface area contributed by atoms with E-state index in [2.05, 4.69) is 28.6 Å². The summed E-state index contributed by atoms with van der Waals surface area (Å²) in [6, 6.07) is 2.82. The summed E-state index contributed by atoms with van der Waals surface area (Å²) in [4.78, 5) is 13.2. The summed E-state index contributed by atoms with van der Waals surface area (Å²) in [6.07, 6.45) is 0.365. The molecule has 1 aromatic carbocycles. The third kappa shape index (κ3) is 2.42. The lowest BCUT2D eigenvalue weighted by Gasteiger charge is -2.19. The van der Waals surface area contributed by atoms with E-state index >= 15 is 0 Å². The highest BCUT2D eigenvalue weighted by Crippen LogP contribution is 2.36. The number of methoxy groups -OCH3 is 1. The fourth-order valence-corrected chi connectivity index (χ4v) is 2.46. The summed E-state index contributed by atoms with van der Waals surface area (Å²) in [5.41, 5.74) is 0.453. The Morgan fingerprint density at radius 3 is 2.82 bits per heavy atom. The van der Waals surface area contributed by atoms with Crippen LogP contribution in [0.5, 0.6) is 5.75 Å². The van der Waals surface area contributed by atoms with Crippen molar-refractivity contribution in [3.63, 3.8) is 0 Å². The summed E-state index contributed by atoms with van der Waals surface area (Å²) in [6.45, 7) is 0.472. The summed E-state index contributed by atoms with van der Waals surface area (Å²) >= 11 is 7.35. The van der Waals surface area contributed by atoms with Crippen LogP contribution in [-0.2, 0) is 4.79 Å². The van der Waals surface area contributed by atoms with Crippen molar-refractivity contribution in [1.29, 1.82) is 0 Å². The summed E-state index contributed by atoms with van der Waals surface area (Å²) < 4.78 is 19.0. The van der Waals surface area contributed by atoms with Gasteiger partial charge in [0.05, 0.1) is 17.3 Å². The maximum Gasteiger partial charge on any atom is 0.228 e. The Labute approximate surface area is 112 Å². The standard InChI is InChI=1S/C11H11BrFNO2S/c1-16-10-3-7(12)8(13)4-9(10)14-5-6(17)2-11(14)15/h3-4,6,17H,2,5H2,1H3. The van der Waals surface area contributed by atoms with Gasteiger partial charge in [0.15, 0.2) is 0 Å². The molecular weight excluding hydrogens is 309 g/mol. The molecule has 0 aromatic heterocycles. The normalized spacial score (nSPS) is 19.9. The van der Waals surface area contributed by atoms with Crippen LogP contribution < -0.4 is 9.64 Å². The van der Waals surface area contributed by atoms with Gasteiger partial charge in [-0.2, -0.15) is 12.6 Å². The molecule has 1 aromatic rings. The Balaban J connectivity index is 2.44. The van der Waals surface area contributed by atoms with Crippen LogP contribution in [0.1, 0.15) is 6.42 Å². The van der Waals surface area contributed by atoms with E-state index in [0.29, 0.717) is 28.9 Å². The van der Waals surface area contributed by atoms with Crippen LogP contribution in [0.3, 0.4) is 0 Å². The molecule has 0 saturated carbocycles. The molecule has 0 aliphatic carbocycles. The number of ether oxygens (including phenoxy) is 1. The third-order valence-electron chi connectivity index (χ3n) is 2.62. The molecule has 0 N–H and O–H groups in total. The predicted molar refractivity (Wildman–Crippen MR) is 70.4 cm³/mol. The number of hydrogen-bond acceptors (Lipinski definition) is 3. The van der Waals surface area contributed by atoms with Gasteiger partial charge in [0.25, 0.3) is 0 Å². The van der Waals surface area contributed by atoms with E-state index in [1.807, 2.05) is 0 Å². The van der Waals surface area contributed by atoms with E-state index in [9.17, 15) is 9.18 Å². The van der Waals surface area contributed by atoms with Gasteiger partial charge >= 0.3 is 0 Å². The number of hydrogen-bond donors (Lipinski definition) is 1. The zero-order valence-electron chi connectivity index (χ0n) is 9.11. The lowest BCUT2D eigenvalue weighted by atomic mass is 10.2. The largest absolute Gasteiger partial charge is 0.495 e. The first-order valence-electron chi connectivity index (χ1n) is 5.04. The number of halogens is 2. The molecule has 1 amide bonds. The maximum absolute atomic E-state index is 13.5. The first kappa shape index (κ1) is 12.7. The van der Waals surface area contributed by atoms with Crippen molar-refractivity contribution in [3.05, 3.63) is 22.4 Å². The highest BCUT2D eigenvalue weighted by atomic mass is 79.9. The number of rotatable bonds is 2. The van der Waals surface area contributed by atoms with Crippen molar-refractivity contribution in [2.24, 2.45) is 0 Å². The van der Waals surface area contributed by atoms with Crippen LogP contribution >= 0.6 is 28.6 Å². The zero-order chi connectivity index (χ0) is 12.6. The van der Waals surface area contributed by atoms with Gasteiger partial charge in [0.2, 0.25) is 5.91 Å². The molecule has 1 heterocycles. The second kappa shape index (κ2) is 4.86. The fourth-order valence-electron chi connectivity index (χ4n) is 1.81. The molecule has 17 heavy (non-hydrogen) atoms. The number of thiol groups is 1. The minimum absolute atomic E-state index is 0.0149. The van der Waals surface area contributed by atoms with Crippen molar-refractivity contribution < 1.29 is 13.9 Å². The number of carbonyl (C=O) groups is 1. The molecule has 1 aliphatic heterocycles. The predicted octanol–water partition coefficient (Wildman–Crippen LogP) is 2.63. The van der Waals surface area contributed by atoms with Crippen LogP contribution in [0.15, 0.2) is 16.6 Å². The first-order chi connectivity index (χ1) is 8.02. The van der Waals surface area contributed by atoms with Gasteiger partial charge in [0.1, 0.15) is 11.6 Å². The van der Waals surface area contributed by atoms with Crippen LogP contribution in [0, 0.1) is 5.82 Å². The fraction of sp³-hybridized carbons (Fsp3) is 0.364. The molecule has 1 saturated heterocycles. The Morgan fingerprint density at radius 2 is 2.29 bits per heavy atom. The average molecular weight is 320 g/mol. The molecule has 0 bridgehead atoms. The zero-order valence-corrected chi connectivity index (χ0v) is 11.6. The summed E-state index contributed by atoms with van der Waals surface area (Å²) in [7, 11) is 1.49. The first-order valence-corrected chi connectivity index (χ1v) is 6.35. The van der Waals surface area contributed by atoms with Gasteiger partial charge in [-0.1, -0.05) is 0 Å². The maximum atomic E-state index is 13.5. The van der Waals surface area contributed by atoms with E-state index in [1.165, 1.54) is 24.1 Å². The molecule has 1 fully saturated rings. The second-order valence-corrected chi connectivity index (χ2v) is 5.39.